The number of unbranched alkanes of at least 4 members (excludes halogenated alkanes) is 3. The fourth-order valence-corrected chi connectivity index (χ4v) is 5.61. The Morgan fingerprint density at radius 1 is 0.821 bits per heavy atom. The molecule has 1 aliphatic rings. The Morgan fingerprint density at radius 3 is 2.18 bits per heavy atom. The van der Waals surface area contributed by atoms with Gasteiger partial charge in [0, 0.05) is 10.9 Å². The highest BCUT2D eigenvalue weighted by molar-refractivity contribution is 5.85. The lowest BCUT2D eigenvalue weighted by atomic mass is 9.77. The highest BCUT2D eigenvalue weighted by Crippen LogP contribution is 2.34. The molecule has 6 heteroatoms. The molecule has 0 radical (unpaired) electrons. The molecule has 39 heavy (non-hydrogen) atoms. The lowest BCUT2D eigenvalue weighted by Gasteiger charge is -2.28. The van der Waals surface area contributed by atoms with Crippen molar-refractivity contribution in [3.63, 3.8) is 0 Å². The van der Waals surface area contributed by atoms with Crippen molar-refractivity contribution in [2.45, 2.75) is 84.2 Å². The van der Waals surface area contributed by atoms with Crippen LogP contribution in [0.4, 0.5) is 22.0 Å². The summed E-state index contributed by atoms with van der Waals surface area (Å²) >= 11 is 0. The third-order valence-electron chi connectivity index (χ3n) is 7.84. The molecule has 3 aromatic rings. The third kappa shape index (κ3) is 7.97. The predicted octanol–water partition coefficient (Wildman–Crippen LogP) is 9.97. The first-order chi connectivity index (χ1) is 18.8. The number of aryl methyl sites for hydroxylation is 1. The second-order valence-corrected chi connectivity index (χ2v) is 10.7. The van der Waals surface area contributed by atoms with Crippen LogP contribution in [-0.2, 0) is 6.42 Å². The smallest absolute Gasteiger partial charge is 0.387 e. The van der Waals surface area contributed by atoms with E-state index >= 15 is 4.39 Å². The van der Waals surface area contributed by atoms with Crippen LogP contribution in [0.5, 0.6) is 5.75 Å². The van der Waals surface area contributed by atoms with E-state index in [1.807, 2.05) is 12.1 Å². The van der Waals surface area contributed by atoms with Crippen molar-refractivity contribution in [2.24, 2.45) is 11.8 Å². The molecular weight excluding hydrogens is 507 g/mol. The minimum absolute atomic E-state index is 0.0791. The Hall–Kier alpha value is -3.07. The van der Waals surface area contributed by atoms with Crippen molar-refractivity contribution in [3.05, 3.63) is 76.6 Å². The Labute approximate surface area is 227 Å². The summed E-state index contributed by atoms with van der Waals surface area (Å²) in [7, 11) is 0. The summed E-state index contributed by atoms with van der Waals surface area (Å²) in [5.74, 6) is 2.46. The Kier molecular flexibility index (Phi) is 10.3. The molecule has 3 aromatic carbocycles. The molecule has 0 N–H and O–H groups in total. The van der Waals surface area contributed by atoms with Gasteiger partial charge in [0.05, 0.1) is 5.56 Å². The van der Waals surface area contributed by atoms with Crippen molar-refractivity contribution in [1.82, 2.24) is 0 Å². The molecule has 0 unspecified atom stereocenters. The average molecular weight is 543 g/mol. The van der Waals surface area contributed by atoms with E-state index in [-0.39, 0.29) is 11.1 Å². The maximum Gasteiger partial charge on any atom is 0.387 e. The minimum atomic E-state index is -3.36. The molecule has 1 aliphatic carbocycles. The van der Waals surface area contributed by atoms with Gasteiger partial charge in [-0.1, -0.05) is 101 Å². The highest BCUT2D eigenvalue weighted by Gasteiger charge is 2.21. The summed E-state index contributed by atoms with van der Waals surface area (Å²) in [4.78, 5) is 0. The molecular formula is C33H35F5O. The molecule has 4 rings (SSSR count). The van der Waals surface area contributed by atoms with Gasteiger partial charge in [0.2, 0.25) is 0 Å². The van der Waals surface area contributed by atoms with E-state index < -0.39 is 29.8 Å². The normalized spacial score (nSPS) is 17.3. The Balaban J connectivity index is 1.36. The maximum atomic E-state index is 15.2. The summed E-state index contributed by atoms with van der Waals surface area (Å²) in [6.45, 7) is -1.11. The summed E-state index contributed by atoms with van der Waals surface area (Å²) in [6, 6.07) is 10.6. The first-order valence-corrected chi connectivity index (χ1v) is 14.0. The number of fused-ring (bicyclic) bond motifs is 1. The second kappa shape index (κ2) is 13.8. The first kappa shape index (κ1) is 28.9. The molecule has 0 amide bonds. The van der Waals surface area contributed by atoms with Crippen LogP contribution in [0.25, 0.3) is 10.8 Å². The zero-order chi connectivity index (χ0) is 27.8. The van der Waals surface area contributed by atoms with E-state index in [9.17, 15) is 17.6 Å². The van der Waals surface area contributed by atoms with Crippen LogP contribution in [0, 0.1) is 41.1 Å². The first-order valence-electron chi connectivity index (χ1n) is 14.0. The van der Waals surface area contributed by atoms with Gasteiger partial charge in [0.25, 0.3) is 0 Å². The summed E-state index contributed by atoms with van der Waals surface area (Å²) in [5, 5.41) is 1.20. The molecule has 1 fully saturated rings. The fraction of sp³-hybridized carbons (Fsp3) is 0.455. The Morgan fingerprint density at radius 2 is 1.51 bits per heavy atom. The monoisotopic (exact) mass is 542 g/mol. The number of benzene rings is 3. The molecule has 0 aliphatic heterocycles. The summed E-state index contributed by atoms with van der Waals surface area (Å²) in [5.41, 5.74) is 1.14. The molecule has 0 saturated heterocycles. The lowest BCUT2D eigenvalue weighted by Crippen LogP contribution is -2.15. The highest BCUT2D eigenvalue weighted by atomic mass is 19.3. The van der Waals surface area contributed by atoms with Crippen LogP contribution in [-0.4, -0.2) is 6.61 Å². The number of halogens is 5. The fourth-order valence-electron chi connectivity index (χ4n) is 5.61. The SMILES string of the molecule is CCCCCCC1CCC(CCc2ccc3c(F)c(C#Cc4cc(F)c(OC(F)F)c(F)c4)ccc3c2)CC1. The van der Waals surface area contributed by atoms with Crippen LogP contribution in [0.15, 0.2) is 42.5 Å². The van der Waals surface area contributed by atoms with Gasteiger partial charge in [-0.05, 0) is 53.8 Å². The van der Waals surface area contributed by atoms with Crippen LogP contribution < -0.4 is 4.74 Å². The van der Waals surface area contributed by atoms with Crippen LogP contribution in [0.1, 0.15) is 87.8 Å². The number of rotatable bonds is 10. The molecule has 0 bridgehead atoms. The van der Waals surface area contributed by atoms with E-state index in [1.165, 1.54) is 69.4 Å². The second-order valence-electron chi connectivity index (χ2n) is 10.7. The van der Waals surface area contributed by atoms with Crippen molar-refractivity contribution < 1.29 is 26.7 Å². The van der Waals surface area contributed by atoms with Crippen LogP contribution in [0.2, 0.25) is 0 Å². The van der Waals surface area contributed by atoms with Crippen molar-refractivity contribution in [2.75, 3.05) is 0 Å². The van der Waals surface area contributed by atoms with E-state index in [1.54, 1.807) is 12.1 Å². The van der Waals surface area contributed by atoms with Gasteiger partial charge in [-0.25, -0.2) is 13.2 Å². The summed E-state index contributed by atoms with van der Waals surface area (Å²) in [6.07, 6.45) is 14.2. The minimum Gasteiger partial charge on any atom is -0.429 e. The van der Waals surface area contributed by atoms with Crippen molar-refractivity contribution in [1.29, 1.82) is 0 Å². The number of alkyl halides is 2. The zero-order valence-electron chi connectivity index (χ0n) is 22.3. The number of ether oxygens (including phenoxy) is 1. The average Bonchev–Trinajstić information content (AvgIpc) is 2.92. The van der Waals surface area contributed by atoms with Gasteiger partial charge in [0.15, 0.2) is 17.4 Å². The number of hydrogen-bond acceptors (Lipinski definition) is 1. The van der Waals surface area contributed by atoms with Crippen molar-refractivity contribution >= 4 is 10.8 Å². The van der Waals surface area contributed by atoms with Crippen LogP contribution >= 0.6 is 0 Å². The maximum absolute atomic E-state index is 15.2. The predicted molar refractivity (Wildman–Crippen MR) is 145 cm³/mol. The number of hydrogen-bond donors (Lipinski definition) is 0. The molecule has 1 saturated carbocycles. The van der Waals surface area contributed by atoms with Gasteiger partial charge in [0.1, 0.15) is 5.82 Å². The van der Waals surface area contributed by atoms with Gasteiger partial charge >= 0.3 is 6.61 Å². The van der Waals surface area contributed by atoms with Gasteiger partial charge in [-0.3, -0.25) is 0 Å². The molecule has 208 valence electrons. The van der Waals surface area contributed by atoms with Gasteiger partial charge < -0.3 is 4.74 Å². The molecule has 0 heterocycles. The molecule has 1 nitrogen and oxygen atoms in total. The topological polar surface area (TPSA) is 9.23 Å². The molecule has 0 spiro atoms. The quantitative estimate of drug-likeness (QED) is 0.141. The standard InChI is InChI=1S/C33H35F5O/c1-2-3-4-5-6-22-7-9-23(10-8-22)11-12-24-14-18-28-27(19-24)17-16-26(31(28)36)15-13-25-20-29(34)32(30(35)21-25)39-33(37)38/h14,16-23,33H,2-12H2,1H3. The molecule has 0 atom stereocenters. The van der Waals surface area contributed by atoms with Gasteiger partial charge in [-0.15, -0.1) is 0 Å². The molecule has 0 aromatic heterocycles. The van der Waals surface area contributed by atoms with Crippen molar-refractivity contribution in [3.8, 4) is 17.6 Å². The van der Waals surface area contributed by atoms with E-state index in [2.05, 4.69) is 23.5 Å². The Bertz CT molecular complexity index is 1290. The zero-order valence-corrected chi connectivity index (χ0v) is 22.3. The van der Waals surface area contributed by atoms with Gasteiger partial charge in [-0.2, -0.15) is 8.78 Å². The van der Waals surface area contributed by atoms with E-state index in [4.69, 9.17) is 0 Å². The van der Waals surface area contributed by atoms with E-state index in [0.29, 0.717) is 5.39 Å². The van der Waals surface area contributed by atoms with Crippen LogP contribution in [0.3, 0.4) is 0 Å². The summed E-state index contributed by atoms with van der Waals surface area (Å²) < 4.78 is 71.5. The largest absolute Gasteiger partial charge is 0.429 e. The van der Waals surface area contributed by atoms with E-state index in [0.717, 1.165) is 42.2 Å². The lowest BCUT2D eigenvalue weighted by molar-refractivity contribution is -0.0546. The third-order valence-corrected chi connectivity index (χ3v) is 7.84.